The second-order valence-corrected chi connectivity index (χ2v) is 6.19. The van der Waals surface area contributed by atoms with Crippen LogP contribution in [0, 0.1) is 13.8 Å². The number of carbonyl (C=O) groups is 1. The number of nitrogens with zero attached hydrogens (tertiary/aromatic N) is 2. The second kappa shape index (κ2) is 8.49. The molecule has 6 heteroatoms. The highest BCUT2D eigenvalue weighted by atomic mass is 16.5. The Morgan fingerprint density at radius 3 is 2.69 bits per heavy atom. The highest BCUT2D eigenvalue weighted by Gasteiger charge is 2.20. The molecule has 2 heterocycles. The molecule has 0 bridgehead atoms. The fourth-order valence-electron chi connectivity index (χ4n) is 2.85. The Bertz CT molecular complexity index is 825. The Labute approximate surface area is 152 Å². The lowest BCUT2D eigenvalue weighted by Crippen LogP contribution is -2.34. The zero-order valence-electron chi connectivity index (χ0n) is 15.0. The monoisotopic (exact) mass is 353 g/mol. The fourth-order valence-corrected chi connectivity index (χ4v) is 2.85. The lowest BCUT2D eigenvalue weighted by molar-refractivity contribution is -0.126. The van der Waals surface area contributed by atoms with E-state index >= 15 is 0 Å². The third kappa shape index (κ3) is 4.61. The zero-order valence-corrected chi connectivity index (χ0v) is 15.0. The first kappa shape index (κ1) is 17.9. The molecule has 0 radical (unpaired) electrons. The van der Waals surface area contributed by atoms with E-state index in [4.69, 9.17) is 9.15 Å². The predicted octanol–water partition coefficient (Wildman–Crippen LogP) is 3.02. The maximum Gasteiger partial charge on any atom is 0.246 e. The van der Waals surface area contributed by atoms with Gasteiger partial charge in [0.25, 0.3) is 0 Å². The minimum atomic E-state index is -0.197. The quantitative estimate of drug-likeness (QED) is 0.676. The van der Waals surface area contributed by atoms with Crippen LogP contribution < -0.4 is 5.32 Å². The van der Waals surface area contributed by atoms with Crippen LogP contribution >= 0.6 is 0 Å². The molecule has 3 rings (SSSR count). The van der Waals surface area contributed by atoms with Crippen LogP contribution in [0.4, 0.5) is 0 Å². The van der Waals surface area contributed by atoms with Crippen molar-refractivity contribution in [3.63, 3.8) is 0 Å². The fraction of sp³-hybridized carbons (Fsp3) is 0.300. The third-order valence-corrected chi connectivity index (χ3v) is 4.05. The molecular formula is C20H23N3O3. The lowest BCUT2D eigenvalue weighted by atomic mass is 10.2. The van der Waals surface area contributed by atoms with Gasteiger partial charge in [-0.1, -0.05) is 30.3 Å². The summed E-state index contributed by atoms with van der Waals surface area (Å²) in [5, 5.41) is 7.43. The Morgan fingerprint density at radius 1 is 1.23 bits per heavy atom. The van der Waals surface area contributed by atoms with Crippen molar-refractivity contribution < 1.29 is 13.9 Å². The van der Waals surface area contributed by atoms with Crippen LogP contribution in [0.1, 0.15) is 28.8 Å². The van der Waals surface area contributed by atoms with Crippen molar-refractivity contribution in [2.45, 2.75) is 26.5 Å². The SMILES string of the molecule is Cc1cc(C)n(C(CNC(=O)COCc2ccccc2)c2ccco2)n1. The van der Waals surface area contributed by atoms with Crippen LogP contribution in [-0.4, -0.2) is 28.8 Å². The van der Waals surface area contributed by atoms with Crippen LogP contribution in [0.15, 0.2) is 59.2 Å². The van der Waals surface area contributed by atoms with E-state index in [2.05, 4.69) is 10.4 Å². The van der Waals surface area contributed by atoms with Crippen molar-refractivity contribution >= 4 is 5.91 Å². The molecule has 0 aliphatic heterocycles. The minimum Gasteiger partial charge on any atom is -0.467 e. The minimum absolute atomic E-state index is 0.0108. The molecule has 0 spiro atoms. The van der Waals surface area contributed by atoms with Crippen molar-refractivity contribution in [2.24, 2.45) is 0 Å². The Balaban J connectivity index is 1.56. The summed E-state index contributed by atoms with van der Waals surface area (Å²) < 4.78 is 12.9. The van der Waals surface area contributed by atoms with Crippen molar-refractivity contribution in [1.82, 2.24) is 15.1 Å². The number of hydrogen-bond acceptors (Lipinski definition) is 4. The van der Waals surface area contributed by atoms with Crippen molar-refractivity contribution in [2.75, 3.05) is 13.2 Å². The zero-order chi connectivity index (χ0) is 18.4. The molecule has 26 heavy (non-hydrogen) atoms. The highest BCUT2D eigenvalue weighted by molar-refractivity contribution is 5.77. The van der Waals surface area contributed by atoms with Gasteiger partial charge in [-0.15, -0.1) is 0 Å². The molecule has 6 nitrogen and oxygen atoms in total. The van der Waals surface area contributed by atoms with Crippen molar-refractivity contribution in [1.29, 1.82) is 0 Å². The van der Waals surface area contributed by atoms with Gasteiger partial charge in [0.15, 0.2) is 0 Å². The first-order valence-electron chi connectivity index (χ1n) is 8.58. The van der Waals surface area contributed by atoms with E-state index in [1.165, 1.54) is 0 Å². The number of carbonyl (C=O) groups excluding carboxylic acids is 1. The normalized spacial score (nSPS) is 12.1. The number of hydrogen-bond donors (Lipinski definition) is 1. The summed E-state index contributed by atoms with van der Waals surface area (Å²) in [7, 11) is 0. The van der Waals surface area contributed by atoms with Gasteiger partial charge in [0, 0.05) is 12.2 Å². The standard InChI is InChI=1S/C20H23N3O3/c1-15-11-16(2)23(22-15)18(19-9-6-10-26-19)12-21-20(24)14-25-13-17-7-4-3-5-8-17/h3-11,18H,12-14H2,1-2H3,(H,21,24). The largest absolute Gasteiger partial charge is 0.467 e. The average Bonchev–Trinajstić information content (AvgIpc) is 3.26. The number of benzene rings is 1. The van der Waals surface area contributed by atoms with Crippen LogP contribution in [0.25, 0.3) is 0 Å². The summed E-state index contributed by atoms with van der Waals surface area (Å²) in [4.78, 5) is 12.1. The molecule has 0 fully saturated rings. The van der Waals surface area contributed by atoms with Gasteiger partial charge in [-0.3, -0.25) is 9.48 Å². The number of aryl methyl sites for hydroxylation is 2. The number of aromatic nitrogens is 2. The first-order chi connectivity index (χ1) is 12.6. The number of amides is 1. The predicted molar refractivity (Wildman–Crippen MR) is 97.7 cm³/mol. The van der Waals surface area contributed by atoms with Gasteiger partial charge < -0.3 is 14.5 Å². The van der Waals surface area contributed by atoms with Crippen LogP contribution in [0.5, 0.6) is 0 Å². The molecule has 136 valence electrons. The van der Waals surface area contributed by atoms with Gasteiger partial charge in [0.05, 0.1) is 18.6 Å². The van der Waals surface area contributed by atoms with Crippen LogP contribution in [0.3, 0.4) is 0 Å². The van der Waals surface area contributed by atoms with Crippen LogP contribution in [0.2, 0.25) is 0 Å². The van der Waals surface area contributed by atoms with Crippen LogP contribution in [-0.2, 0) is 16.1 Å². The maximum absolute atomic E-state index is 12.1. The number of rotatable bonds is 8. The summed E-state index contributed by atoms with van der Waals surface area (Å²) in [6, 6.07) is 15.3. The lowest BCUT2D eigenvalue weighted by Gasteiger charge is -2.18. The number of furan rings is 1. The molecule has 0 saturated carbocycles. The molecule has 2 aromatic heterocycles. The maximum atomic E-state index is 12.1. The van der Waals surface area contributed by atoms with Gasteiger partial charge in [-0.05, 0) is 37.6 Å². The van der Waals surface area contributed by atoms with E-state index < -0.39 is 0 Å². The average molecular weight is 353 g/mol. The molecule has 1 N–H and O–H groups in total. The highest BCUT2D eigenvalue weighted by Crippen LogP contribution is 2.20. The second-order valence-electron chi connectivity index (χ2n) is 6.19. The molecule has 1 atom stereocenters. The van der Waals surface area contributed by atoms with E-state index in [9.17, 15) is 4.79 Å². The van der Waals surface area contributed by atoms with Gasteiger partial charge in [0.1, 0.15) is 18.4 Å². The Kier molecular flexibility index (Phi) is 5.86. The van der Waals surface area contributed by atoms with E-state index in [0.29, 0.717) is 13.2 Å². The number of nitrogens with one attached hydrogen (secondary N) is 1. The van der Waals surface area contributed by atoms with Crippen molar-refractivity contribution in [3.8, 4) is 0 Å². The van der Waals surface area contributed by atoms with E-state index in [0.717, 1.165) is 22.7 Å². The summed E-state index contributed by atoms with van der Waals surface area (Å²) in [5.74, 6) is 0.584. The molecular weight excluding hydrogens is 330 g/mol. The van der Waals surface area contributed by atoms with E-state index in [1.807, 2.05) is 67.1 Å². The Hall–Kier alpha value is -2.86. The Morgan fingerprint density at radius 2 is 2.04 bits per heavy atom. The summed E-state index contributed by atoms with van der Waals surface area (Å²) in [5.41, 5.74) is 2.98. The summed E-state index contributed by atoms with van der Waals surface area (Å²) in [6.45, 7) is 4.73. The molecule has 1 amide bonds. The molecule has 0 aliphatic carbocycles. The molecule has 0 aliphatic rings. The van der Waals surface area contributed by atoms with Gasteiger partial charge in [-0.25, -0.2) is 0 Å². The number of ether oxygens (including phenoxy) is 1. The van der Waals surface area contributed by atoms with E-state index in [1.54, 1.807) is 6.26 Å². The molecule has 1 unspecified atom stereocenters. The summed E-state index contributed by atoms with van der Waals surface area (Å²) >= 11 is 0. The van der Waals surface area contributed by atoms with Gasteiger partial charge in [0.2, 0.25) is 5.91 Å². The summed E-state index contributed by atoms with van der Waals surface area (Å²) in [6.07, 6.45) is 1.62. The smallest absolute Gasteiger partial charge is 0.246 e. The van der Waals surface area contributed by atoms with E-state index in [-0.39, 0.29) is 18.6 Å². The van der Waals surface area contributed by atoms with Gasteiger partial charge >= 0.3 is 0 Å². The third-order valence-electron chi connectivity index (χ3n) is 4.05. The molecule has 3 aromatic rings. The topological polar surface area (TPSA) is 69.3 Å². The molecule has 1 aromatic carbocycles. The first-order valence-corrected chi connectivity index (χ1v) is 8.58. The van der Waals surface area contributed by atoms with Gasteiger partial charge in [-0.2, -0.15) is 5.10 Å². The molecule has 0 saturated heterocycles. The van der Waals surface area contributed by atoms with Crippen molar-refractivity contribution in [3.05, 3.63) is 77.5 Å².